The lowest BCUT2D eigenvalue weighted by atomic mass is 10.1. The van der Waals surface area contributed by atoms with E-state index in [-0.39, 0.29) is 5.57 Å². The monoisotopic (exact) mass is 356 g/mol. The molecule has 0 radical (unpaired) electrons. The fourth-order valence-corrected chi connectivity index (χ4v) is 2.43. The van der Waals surface area contributed by atoms with Crippen LogP contribution in [0.2, 0.25) is 0 Å². The van der Waals surface area contributed by atoms with Crippen molar-refractivity contribution in [3.63, 3.8) is 0 Å². The van der Waals surface area contributed by atoms with E-state index in [0.717, 1.165) is 0 Å². The smallest absolute Gasteiger partial charge is 0.275 e. The third-order valence-corrected chi connectivity index (χ3v) is 3.74. The van der Waals surface area contributed by atoms with Gasteiger partial charge >= 0.3 is 0 Å². The molecule has 0 aliphatic heterocycles. The van der Waals surface area contributed by atoms with E-state index in [0.29, 0.717) is 22.9 Å². The Morgan fingerprint density at radius 3 is 2.04 bits per heavy atom. The zero-order chi connectivity index (χ0) is 19.1. The second-order valence-corrected chi connectivity index (χ2v) is 5.46. The highest BCUT2D eigenvalue weighted by molar-refractivity contribution is 6.14. The van der Waals surface area contributed by atoms with Gasteiger partial charge in [-0.15, -0.1) is 0 Å². The lowest BCUT2D eigenvalue weighted by Gasteiger charge is -2.20. The van der Waals surface area contributed by atoms with Crippen LogP contribution < -0.4 is 9.64 Å². The molecular formula is C21H16N4O2. The van der Waals surface area contributed by atoms with E-state index < -0.39 is 5.91 Å². The van der Waals surface area contributed by atoms with Crippen molar-refractivity contribution in [3.05, 3.63) is 84.2 Å². The van der Waals surface area contributed by atoms with Crippen molar-refractivity contribution in [2.45, 2.75) is 0 Å². The first-order chi connectivity index (χ1) is 13.2. The molecule has 27 heavy (non-hydrogen) atoms. The van der Waals surface area contributed by atoms with Crippen LogP contribution in [0.5, 0.6) is 5.75 Å². The molecule has 0 saturated carbocycles. The van der Waals surface area contributed by atoms with Crippen LogP contribution in [0.15, 0.2) is 78.6 Å². The van der Waals surface area contributed by atoms with Crippen LogP contribution >= 0.6 is 0 Å². The molecule has 1 aromatic carbocycles. The molecule has 0 spiro atoms. The largest absolute Gasteiger partial charge is 0.497 e. The maximum Gasteiger partial charge on any atom is 0.275 e. The first-order valence-electron chi connectivity index (χ1n) is 8.15. The van der Waals surface area contributed by atoms with Gasteiger partial charge in [0.2, 0.25) is 0 Å². The zero-order valence-corrected chi connectivity index (χ0v) is 14.6. The van der Waals surface area contributed by atoms with Crippen molar-refractivity contribution < 1.29 is 9.53 Å². The summed E-state index contributed by atoms with van der Waals surface area (Å²) in [4.78, 5) is 22.9. The average molecular weight is 356 g/mol. The second-order valence-electron chi connectivity index (χ2n) is 5.46. The van der Waals surface area contributed by atoms with Crippen molar-refractivity contribution in [1.82, 2.24) is 9.97 Å². The highest BCUT2D eigenvalue weighted by Gasteiger charge is 2.23. The fraction of sp³-hybridized carbons (Fsp3) is 0.0476. The van der Waals surface area contributed by atoms with Crippen molar-refractivity contribution in [2.24, 2.45) is 0 Å². The van der Waals surface area contributed by atoms with Gasteiger partial charge in [0.05, 0.1) is 7.11 Å². The molecule has 3 aromatic rings. The molecule has 0 N–H and O–H groups in total. The van der Waals surface area contributed by atoms with E-state index in [1.165, 1.54) is 11.0 Å². The van der Waals surface area contributed by atoms with Crippen LogP contribution in [0.1, 0.15) is 5.56 Å². The number of hydrogen-bond acceptors (Lipinski definition) is 5. The quantitative estimate of drug-likeness (QED) is 0.514. The number of rotatable bonds is 5. The highest BCUT2D eigenvalue weighted by atomic mass is 16.5. The number of hydrogen-bond donors (Lipinski definition) is 0. The minimum Gasteiger partial charge on any atom is -0.497 e. The lowest BCUT2D eigenvalue weighted by molar-refractivity contribution is -0.114. The van der Waals surface area contributed by atoms with Gasteiger partial charge in [0, 0.05) is 12.4 Å². The van der Waals surface area contributed by atoms with E-state index in [1.54, 1.807) is 80.2 Å². The summed E-state index contributed by atoms with van der Waals surface area (Å²) in [5, 5.41) is 9.57. The Labute approximate surface area is 157 Å². The van der Waals surface area contributed by atoms with Gasteiger partial charge in [-0.05, 0) is 48.0 Å². The summed E-state index contributed by atoms with van der Waals surface area (Å²) in [7, 11) is 1.58. The third kappa shape index (κ3) is 4.17. The van der Waals surface area contributed by atoms with Crippen LogP contribution in [0.3, 0.4) is 0 Å². The lowest BCUT2D eigenvalue weighted by Crippen LogP contribution is -2.28. The molecule has 0 bridgehead atoms. The van der Waals surface area contributed by atoms with Gasteiger partial charge in [-0.1, -0.05) is 24.3 Å². The number of amides is 1. The molecule has 132 valence electrons. The first-order valence-corrected chi connectivity index (χ1v) is 8.15. The maximum atomic E-state index is 13.1. The van der Waals surface area contributed by atoms with Crippen LogP contribution in [0.25, 0.3) is 6.08 Å². The number of benzene rings is 1. The number of ether oxygens (including phenoxy) is 1. The van der Waals surface area contributed by atoms with E-state index in [9.17, 15) is 10.1 Å². The second kappa shape index (κ2) is 8.41. The Hall–Kier alpha value is -3.98. The molecule has 0 fully saturated rings. The SMILES string of the molecule is COc1ccc(C=C(C#N)C(=O)N(c2ccccn2)c2ccccn2)cc1. The summed E-state index contributed by atoms with van der Waals surface area (Å²) in [6, 6.07) is 19.5. The molecule has 2 aromatic heterocycles. The highest BCUT2D eigenvalue weighted by Crippen LogP contribution is 2.24. The molecule has 6 nitrogen and oxygen atoms in total. The van der Waals surface area contributed by atoms with Gasteiger partial charge in [0.25, 0.3) is 5.91 Å². The average Bonchev–Trinajstić information content (AvgIpc) is 2.74. The molecule has 2 heterocycles. The van der Waals surface area contributed by atoms with Crippen molar-refractivity contribution in [1.29, 1.82) is 5.26 Å². The molecule has 0 saturated heterocycles. The third-order valence-electron chi connectivity index (χ3n) is 3.74. The fourth-order valence-electron chi connectivity index (χ4n) is 2.43. The summed E-state index contributed by atoms with van der Waals surface area (Å²) in [6.45, 7) is 0. The molecule has 6 heteroatoms. The standard InChI is InChI=1S/C21H16N4O2/c1-27-18-10-8-16(9-11-18)14-17(15-22)21(26)25(19-6-2-4-12-23-19)20-7-3-5-13-24-20/h2-14H,1H3. The summed E-state index contributed by atoms with van der Waals surface area (Å²) < 4.78 is 5.12. The number of pyridine rings is 2. The summed E-state index contributed by atoms with van der Waals surface area (Å²) in [5.74, 6) is 0.959. The number of nitriles is 1. The van der Waals surface area contributed by atoms with Crippen LogP contribution in [-0.2, 0) is 4.79 Å². The Balaban J connectivity index is 2.01. The van der Waals surface area contributed by atoms with Gasteiger partial charge in [0.1, 0.15) is 29.0 Å². The van der Waals surface area contributed by atoms with Crippen molar-refractivity contribution >= 4 is 23.6 Å². The Morgan fingerprint density at radius 2 is 1.59 bits per heavy atom. The van der Waals surface area contributed by atoms with Gasteiger partial charge in [-0.3, -0.25) is 4.79 Å². The molecule has 0 aliphatic rings. The van der Waals surface area contributed by atoms with Gasteiger partial charge in [-0.25, -0.2) is 14.9 Å². The summed E-state index contributed by atoms with van der Waals surface area (Å²) in [5.41, 5.74) is 0.680. The molecule has 3 rings (SSSR count). The van der Waals surface area contributed by atoms with Crippen LogP contribution in [0, 0.1) is 11.3 Å². The van der Waals surface area contributed by atoms with E-state index in [1.807, 2.05) is 6.07 Å². The normalized spacial score (nSPS) is 10.7. The number of methoxy groups -OCH3 is 1. The zero-order valence-electron chi connectivity index (χ0n) is 14.6. The predicted molar refractivity (Wildman–Crippen MR) is 102 cm³/mol. The maximum absolute atomic E-state index is 13.1. The molecular weight excluding hydrogens is 340 g/mol. The summed E-state index contributed by atoms with van der Waals surface area (Å²) in [6.07, 6.45) is 4.69. The van der Waals surface area contributed by atoms with Crippen molar-refractivity contribution in [3.8, 4) is 11.8 Å². The Kier molecular flexibility index (Phi) is 5.55. The molecule has 0 atom stereocenters. The van der Waals surface area contributed by atoms with Crippen molar-refractivity contribution in [2.75, 3.05) is 12.0 Å². The number of aromatic nitrogens is 2. The van der Waals surface area contributed by atoms with Gasteiger partial charge < -0.3 is 4.74 Å². The van der Waals surface area contributed by atoms with Gasteiger partial charge in [0.15, 0.2) is 0 Å². The number of anilines is 2. The van der Waals surface area contributed by atoms with E-state index >= 15 is 0 Å². The first kappa shape index (κ1) is 17.8. The number of carbonyl (C=O) groups excluding carboxylic acids is 1. The summed E-state index contributed by atoms with van der Waals surface area (Å²) >= 11 is 0. The molecule has 0 aliphatic carbocycles. The Bertz CT molecular complexity index is 939. The van der Waals surface area contributed by atoms with E-state index in [2.05, 4.69) is 9.97 Å². The van der Waals surface area contributed by atoms with E-state index in [4.69, 9.17) is 4.74 Å². The topological polar surface area (TPSA) is 79.1 Å². The molecule has 1 amide bonds. The Morgan fingerprint density at radius 1 is 1.00 bits per heavy atom. The minimum absolute atomic E-state index is 0.0310. The van der Waals surface area contributed by atoms with Gasteiger partial charge in [-0.2, -0.15) is 5.26 Å². The number of carbonyl (C=O) groups is 1. The minimum atomic E-state index is -0.509. The number of nitrogens with zero attached hydrogens (tertiary/aromatic N) is 4. The van der Waals surface area contributed by atoms with Crippen LogP contribution in [0.4, 0.5) is 11.6 Å². The predicted octanol–water partition coefficient (Wildman–Crippen LogP) is 3.76. The molecule has 0 unspecified atom stereocenters. The van der Waals surface area contributed by atoms with Crippen LogP contribution in [-0.4, -0.2) is 23.0 Å².